The summed E-state index contributed by atoms with van der Waals surface area (Å²) in [5.41, 5.74) is 0.650. The Morgan fingerprint density at radius 3 is 2.88 bits per heavy atom. The van der Waals surface area contributed by atoms with E-state index in [1.54, 1.807) is 19.2 Å². The molecule has 0 saturated carbocycles. The van der Waals surface area contributed by atoms with Crippen LogP contribution in [0.1, 0.15) is 25.1 Å². The van der Waals surface area contributed by atoms with Crippen LogP contribution >= 0.6 is 11.8 Å². The predicted molar refractivity (Wildman–Crippen MR) is 62.2 cm³/mol. The summed E-state index contributed by atoms with van der Waals surface area (Å²) in [5.74, 6) is 0.462. The molecule has 88 valence electrons. The quantitative estimate of drug-likeness (QED) is 0.629. The van der Waals surface area contributed by atoms with Crippen molar-refractivity contribution < 1.29 is 14.6 Å². The number of carbonyl (C=O) groups excluding carboxylic acids is 1. The molecule has 4 nitrogen and oxygen atoms in total. The summed E-state index contributed by atoms with van der Waals surface area (Å²) < 4.78 is 4.54. The fourth-order valence-corrected chi connectivity index (χ4v) is 1.87. The van der Waals surface area contributed by atoms with Gasteiger partial charge in [0.1, 0.15) is 0 Å². The van der Waals surface area contributed by atoms with Gasteiger partial charge in [0.25, 0.3) is 0 Å². The molecule has 1 N–H and O–H groups in total. The second-order valence-electron chi connectivity index (χ2n) is 3.27. The molecule has 0 aliphatic heterocycles. The van der Waals surface area contributed by atoms with Gasteiger partial charge in [-0.05, 0) is 19.1 Å². The fraction of sp³-hybridized carbons (Fsp3) is 0.455. The Hall–Kier alpha value is -1.07. The largest absolute Gasteiger partial charge is 0.469 e. The van der Waals surface area contributed by atoms with Crippen molar-refractivity contribution in [1.29, 1.82) is 0 Å². The molecule has 1 rings (SSSR count). The molecular formula is C11H15NO3S. The second-order valence-corrected chi connectivity index (χ2v) is 4.44. The van der Waals surface area contributed by atoms with Crippen LogP contribution in [0.15, 0.2) is 23.2 Å². The van der Waals surface area contributed by atoms with Crippen LogP contribution in [0.3, 0.4) is 0 Å². The van der Waals surface area contributed by atoms with E-state index in [9.17, 15) is 9.90 Å². The molecule has 0 fully saturated rings. The molecule has 5 heteroatoms. The number of nitrogens with zero attached hydrogens (tertiary/aromatic N) is 1. The lowest BCUT2D eigenvalue weighted by Crippen LogP contribution is -2.01. The number of aromatic nitrogens is 1. The summed E-state index contributed by atoms with van der Waals surface area (Å²) >= 11 is 1.54. The Morgan fingerprint density at radius 2 is 2.38 bits per heavy atom. The highest BCUT2D eigenvalue weighted by atomic mass is 32.2. The number of esters is 1. The molecule has 1 atom stereocenters. The van der Waals surface area contributed by atoms with Crippen LogP contribution in [0, 0.1) is 0 Å². The molecule has 0 aliphatic rings. The number of hydrogen-bond donors (Lipinski definition) is 1. The predicted octanol–water partition coefficient (Wildman–Crippen LogP) is 1.79. The lowest BCUT2D eigenvalue weighted by molar-refractivity contribution is -0.140. The van der Waals surface area contributed by atoms with Crippen LogP contribution in [0.5, 0.6) is 0 Å². The Kier molecular flexibility index (Phi) is 5.28. The third-order valence-corrected chi connectivity index (χ3v) is 2.97. The van der Waals surface area contributed by atoms with Crippen LogP contribution in [-0.2, 0) is 9.53 Å². The number of aliphatic hydroxyl groups excluding tert-OH is 1. The number of pyridine rings is 1. The molecule has 1 aromatic heterocycles. The van der Waals surface area contributed by atoms with E-state index in [-0.39, 0.29) is 5.97 Å². The van der Waals surface area contributed by atoms with Gasteiger partial charge in [0.2, 0.25) is 0 Å². The van der Waals surface area contributed by atoms with E-state index in [1.807, 2.05) is 6.07 Å². The van der Waals surface area contributed by atoms with Gasteiger partial charge in [0.15, 0.2) is 0 Å². The molecule has 1 heterocycles. The van der Waals surface area contributed by atoms with Crippen molar-refractivity contribution in [2.75, 3.05) is 12.9 Å². The summed E-state index contributed by atoms with van der Waals surface area (Å²) in [6.07, 6.45) is 1.54. The normalized spacial score (nSPS) is 12.2. The van der Waals surface area contributed by atoms with E-state index in [2.05, 4.69) is 9.72 Å². The van der Waals surface area contributed by atoms with Crippen molar-refractivity contribution in [3.8, 4) is 0 Å². The third-order valence-electron chi connectivity index (χ3n) is 1.99. The minimum Gasteiger partial charge on any atom is -0.469 e. The van der Waals surface area contributed by atoms with E-state index >= 15 is 0 Å². The summed E-state index contributed by atoms with van der Waals surface area (Å²) in [6.45, 7) is 1.67. The Bertz CT molecular complexity index is 338. The van der Waals surface area contributed by atoms with Crippen LogP contribution in [0.25, 0.3) is 0 Å². The molecule has 16 heavy (non-hydrogen) atoms. The van der Waals surface area contributed by atoms with Crippen molar-refractivity contribution in [1.82, 2.24) is 4.98 Å². The zero-order chi connectivity index (χ0) is 12.0. The zero-order valence-corrected chi connectivity index (χ0v) is 10.2. The monoisotopic (exact) mass is 241 g/mol. The van der Waals surface area contributed by atoms with Crippen LogP contribution in [0.4, 0.5) is 0 Å². The van der Waals surface area contributed by atoms with Crippen LogP contribution in [0.2, 0.25) is 0 Å². The Balaban J connectivity index is 2.40. The standard InChI is InChI=1S/C11H15NO3S/c1-8(13)10-4-3-9(7-12-10)16-6-5-11(14)15-2/h3-4,7-8,13H,5-6H2,1-2H3. The highest BCUT2D eigenvalue weighted by Gasteiger charge is 2.03. The first-order valence-electron chi connectivity index (χ1n) is 4.97. The molecule has 0 aromatic carbocycles. The third kappa shape index (κ3) is 4.20. The highest BCUT2D eigenvalue weighted by molar-refractivity contribution is 7.99. The molecule has 1 unspecified atom stereocenters. The lowest BCUT2D eigenvalue weighted by atomic mass is 10.2. The summed E-state index contributed by atoms with van der Waals surface area (Å²) in [5, 5.41) is 9.26. The maximum absolute atomic E-state index is 10.9. The van der Waals surface area contributed by atoms with Crippen molar-refractivity contribution in [2.45, 2.75) is 24.3 Å². The number of hydrogen-bond acceptors (Lipinski definition) is 5. The van der Waals surface area contributed by atoms with Gasteiger partial charge in [-0.3, -0.25) is 9.78 Å². The smallest absolute Gasteiger partial charge is 0.306 e. The minimum atomic E-state index is -0.547. The first-order valence-corrected chi connectivity index (χ1v) is 5.95. The van der Waals surface area contributed by atoms with E-state index in [0.717, 1.165) is 4.90 Å². The van der Waals surface area contributed by atoms with Crippen molar-refractivity contribution in [3.05, 3.63) is 24.0 Å². The van der Waals surface area contributed by atoms with E-state index in [0.29, 0.717) is 17.9 Å². The molecule has 0 amide bonds. The molecule has 0 saturated heterocycles. The van der Waals surface area contributed by atoms with Gasteiger partial charge in [-0.25, -0.2) is 0 Å². The first-order chi connectivity index (χ1) is 7.63. The minimum absolute atomic E-state index is 0.207. The Labute approximate surface area is 99.0 Å². The number of carbonyl (C=O) groups is 1. The van der Waals surface area contributed by atoms with Crippen molar-refractivity contribution >= 4 is 17.7 Å². The van der Waals surface area contributed by atoms with Crippen LogP contribution < -0.4 is 0 Å². The summed E-state index contributed by atoms with van der Waals surface area (Å²) in [4.78, 5) is 16.0. The van der Waals surface area contributed by atoms with E-state index in [4.69, 9.17) is 0 Å². The molecule has 0 bridgehead atoms. The number of methoxy groups -OCH3 is 1. The van der Waals surface area contributed by atoms with Gasteiger partial charge >= 0.3 is 5.97 Å². The van der Waals surface area contributed by atoms with Gasteiger partial charge in [-0.15, -0.1) is 11.8 Å². The average Bonchev–Trinajstić information content (AvgIpc) is 2.29. The fourth-order valence-electron chi connectivity index (χ4n) is 1.08. The second kappa shape index (κ2) is 6.50. The van der Waals surface area contributed by atoms with Gasteiger partial charge in [0.05, 0.1) is 25.3 Å². The summed E-state index contributed by atoms with van der Waals surface area (Å²) in [6, 6.07) is 3.67. The average molecular weight is 241 g/mol. The first kappa shape index (κ1) is 13.0. The number of rotatable bonds is 5. The van der Waals surface area contributed by atoms with Crippen molar-refractivity contribution in [3.63, 3.8) is 0 Å². The number of ether oxygens (including phenoxy) is 1. The number of aliphatic hydroxyl groups is 1. The van der Waals surface area contributed by atoms with E-state index in [1.165, 1.54) is 18.9 Å². The SMILES string of the molecule is COC(=O)CCSc1ccc(C(C)O)nc1. The van der Waals surface area contributed by atoms with Gasteiger partial charge in [0, 0.05) is 16.8 Å². The summed E-state index contributed by atoms with van der Waals surface area (Å²) in [7, 11) is 1.38. The Morgan fingerprint density at radius 1 is 1.62 bits per heavy atom. The van der Waals surface area contributed by atoms with Crippen LogP contribution in [-0.4, -0.2) is 28.9 Å². The topological polar surface area (TPSA) is 59.4 Å². The van der Waals surface area contributed by atoms with E-state index < -0.39 is 6.10 Å². The molecular weight excluding hydrogens is 226 g/mol. The zero-order valence-electron chi connectivity index (χ0n) is 9.34. The van der Waals surface area contributed by atoms with Crippen molar-refractivity contribution in [2.24, 2.45) is 0 Å². The molecule has 0 aliphatic carbocycles. The number of thioether (sulfide) groups is 1. The van der Waals surface area contributed by atoms with Gasteiger partial charge in [-0.1, -0.05) is 0 Å². The lowest BCUT2D eigenvalue weighted by Gasteiger charge is -2.04. The molecule has 0 spiro atoms. The van der Waals surface area contributed by atoms with Gasteiger partial charge in [-0.2, -0.15) is 0 Å². The maximum Gasteiger partial charge on any atom is 0.306 e. The van der Waals surface area contributed by atoms with Gasteiger partial charge < -0.3 is 9.84 Å². The maximum atomic E-state index is 10.9. The molecule has 1 aromatic rings. The highest BCUT2D eigenvalue weighted by Crippen LogP contribution is 2.19. The molecule has 0 radical (unpaired) electrons.